The number of aryl methyl sites for hydroxylation is 1. The van der Waals surface area contributed by atoms with Crippen molar-refractivity contribution in [1.82, 2.24) is 14.9 Å². The molecule has 0 aliphatic heterocycles. The van der Waals surface area contributed by atoms with Crippen molar-refractivity contribution in [3.8, 4) is 0 Å². The predicted octanol–water partition coefficient (Wildman–Crippen LogP) is 3.49. The van der Waals surface area contributed by atoms with Gasteiger partial charge in [0.25, 0.3) is 5.56 Å². The SMILES string of the molecule is CC(C)OC[C@@H](O)CN(Cc1nc2sc3c(c2c(=O)[nH]1)CC[C@@H](C)C3)Cc1ccco1. The summed E-state index contributed by atoms with van der Waals surface area (Å²) in [6, 6.07) is 3.74. The summed E-state index contributed by atoms with van der Waals surface area (Å²) in [7, 11) is 0. The number of aliphatic hydroxyl groups excluding tert-OH is 1. The lowest BCUT2D eigenvalue weighted by atomic mass is 9.89. The minimum Gasteiger partial charge on any atom is -0.468 e. The smallest absolute Gasteiger partial charge is 0.259 e. The van der Waals surface area contributed by atoms with Crippen molar-refractivity contribution in [3.63, 3.8) is 0 Å². The molecule has 0 saturated carbocycles. The number of ether oxygens (including phenoxy) is 1. The highest BCUT2D eigenvalue weighted by Crippen LogP contribution is 2.35. The number of rotatable bonds is 9. The number of fused-ring (bicyclic) bond motifs is 3. The topological polar surface area (TPSA) is 91.6 Å². The molecule has 0 bridgehead atoms. The standard InChI is InChI=1S/C23H31N3O4S/c1-14(2)30-13-16(27)10-26(11-17-5-4-8-29-17)12-20-24-22(28)21-18-7-6-15(3)9-19(18)31-23(21)25-20/h4-5,8,14-16,27H,6-7,9-13H2,1-3H3,(H,24,25,28)/t15-,16+/m1/s1. The van der Waals surface area contributed by atoms with Gasteiger partial charge in [0, 0.05) is 11.4 Å². The molecule has 0 amide bonds. The van der Waals surface area contributed by atoms with E-state index in [1.54, 1.807) is 17.6 Å². The zero-order valence-electron chi connectivity index (χ0n) is 18.4. The van der Waals surface area contributed by atoms with Gasteiger partial charge in [-0.3, -0.25) is 9.69 Å². The molecule has 0 fully saturated rings. The highest BCUT2D eigenvalue weighted by atomic mass is 32.1. The maximum Gasteiger partial charge on any atom is 0.259 e. The van der Waals surface area contributed by atoms with Gasteiger partial charge in [-0.25, -0.2) is 4.98 Å². The molecule has 0 aromatic carbocycles. The van der Waals surface area contributed by atoms with Gasteiger partial charge in [-0.05, 0) is 56.7 Å². The molecular formula is C23H31N3O4S. The van der Waals surface area contributed by atoms with E-state index < -0.39 is 6.10 Å². The predicted molar refractivity (Wildman–Crippen MR) is 121 cm³/mol. The van der Waals surface area contributed by atoms with Crippen LogP contribution in [0.3, 0.4) is 0 Å². The lowest BCUT2D eigenvalue weighted by Crippen LogP contribution is -2.35. The number of nitrogens with zero attached hydrogens (tertiary/aromatic N) is 2. The Morgan fingerprint density at radius 2 is 2.26 bits per heavy atom. The molecule has 31 heavy (non-hydrogen) atoms. The molecule has 1 aliphatic carbocycles. The molecule has 2 atom stereocenters. The van der Waals surface area contributed by atoms with Gasteiger partial charge in [0.05, 0.1) is 43.6 Å². The molecule has 0 radical (unpaired) electrons. The summed E-state index contributed by atoms with van der Waals surface area (Å²) in [5.74, 6) is 2.05. The van der Waals surface area contributed by atoms with Gasteiger partial charge in [-0.1, -0.05) is 6.92 Å². The van der Waals surface area contributed by atoms with E-state index in [0.29, 0.717) is 31.4 Å². The molecule has 3 aromatic rings. The molecule has 3 aromatic heterocycles. The Morgan fingerprint density at radius 3 is 3.00 bits per heavy atom. The fraction of sp³-hybridized carbons (Fsp3) is 0.565. The van der Waals surface area contributed by atoms with Crippen molar-refractivity contribution in [2.75, 3.05) is 13.2 Å². The first-order chi connectivity index (χ1) is 14.9. The van der Waals surface area contributed by atoms with Crippen molar-refractivity contribution < 1.29 is 14.3 Å². The summed E-state index contributed by atoms with van der Waals surface area (Å²) in [6.07, 6.45) is 4.14. The Labute approximate surface area is 186 Å². The summed E-state index contributed by atoms with van der Waals surface area (Å²) >= 11 is 1.65. The van der Waals surface area contributed by atoms with Crippen LogP contribution in [0.5, 0.6) is 0 Å². The first-order valence-electron chi connectivity index (χ1n) is 11.0. The van der Waals surface area contributed by atoms with Crippen molar-refractivity contribution in [3.05, 3.63) is 50.8 Å². The minimum atomic E-state index is -0.650. The number of nitrogens with one attached hydrogen (secondary N) is 1. The lowest BCUT2D eigenvalue weighted by Gasteiger charge is -2.24. The van der Waals surface area contributed by atoms with Gasteiger partial charge in [-0.2, -0.15) is 0 Å². The summed E-state index contributed by atoms with van der Waals surface area (Å²) in [6.45, 7) is 7.70. The molecule has 7 nitrogen and oxygen atoms in total. The zero-order chi connectivity index (χ0) is 22.0. The van der Waals surface area contributed by atoms with Gasteiger partial charge in [0.15, 0.2) is 0 Å². The number of hydrogen-bond acceptors (Lipinski definition) is 7. The average molecular weight is 446 g/mol. The largest absolute Gasteiger partial charge is 0.468 e. The van der Waals surface area contributed by atoms with E-state index >= 15 is 0 Å². The molecule has 0 saturated heterocycles. The van der Waals surface area contributed by atoms with Crippen LogP contribution in [0.1, 0.15) is 49.2 Å². The number of aliphatic hydroxyl groups is 1. The van der Waals surface area contributed by atoms with Crippen molar-refractivity contribution in [1.29, 1.82) is 0 Å². The third-order valence-electron chi connectivity index (χ3n) is 5.64. The second-order valence-corrected chi connectivity index (χ2v) is 9.91. The van der Waals surface area contributed by atoms with E-state index in [2.05, 4.69) is 11.9 Å². The summed E-state index contributed by atoms with van der Waals surface area (Å²) < 4.78 is 11.0. The van der Waals surface area contributed by atoms with E-state index in [-0.39, 0.29) is 18.3 Å². The zero-order valence-corrected chi connectivity index (χ0v) is 19.2. The Kier molecular flexibility index (Phi) is 6.91. The van der Waals surface area contributed by atoms with Crippen LogP contribution in [0, 0.1) is 5.92 Å². The average Bonchev–Trinajstić information content (AvgIpc) is 3.33. The van der Waals surface area contributed by atoms with Crippen LogP contribution in [-0.4, -0.2) is 45.3 Å². The Morgan fingerprint density at radius 1 is 1.42 bits per heavy atom. The molecule has 1 aliphatic rings. The molecule has 0 unspecified atom stereocenters. The monoisotopic (exact) mass is 445 g/mol. The maximum absolute atomic E-state index is 12.9. The molecule has 4 rings (SSSR count). The fourth-order valence-electron chi connectivity index (χ4n) is 4.14. The Balaban J connectivity index is 1.56. The lowest BCUT2D eigenvalue weighted by molar-refractivity contribution is -0.0117. The van der Waals surface area contributed by atoms with Crippen molar-refractivity contribution >= 4 is 21.6 Å². The maximum atomic E-state index is 12.9. The number of aromatic amines is 1. The van der Waals surface area contributed by atoms with Crippen LogP contribution in [0.2, 0.25) is 0 Å². The summed E-state index contributed by atoms with van der Waals surface area (Å²) in [5, 5.41) is 11.2. The van der Waals surface area contributed by atoms with Crippen LogP contribution in [0.25, 0.3) is 10.2 Å². The van der Waals surface area contributed by atoms with Crippen LogP contribution in [0.15, 0.2) is 27.6 Å². The van der Waals surface area contributed by atoms with E-state index in [9.17, 15) is 9.90 Å². The number of aromatic nitrogens is 2. The van der Waals surface area contributed by atoms with Gasteiger partial charge in [0.2, 0.25) is 0 Å². The third kappa shape index (κ3) is 5.44. The van der Waals surface area contributed by atoms with Gasteiger partial charge < -0.3 is 19.2 Å². The van der Waals surface area contributed by atoms with Gasteiger partial charge >= 0.3 is 0 Å². The summed E-state index contributed by atoms with van der Waals surface area (Å²) in [4.78, 5) is 24.8. The summed E-state index contributed by atoms with van der Waals surface area (Å²) in [5.41, 5.74) is 1.13. The van der Waals surface area contributed by atoms with Crippen molar-refractivity contribution in [2.24, 2.45) is 5.92 Å². The number of thiophene rings is 1. The van der Waals surface area contributed by atoms with Crippen LogP contribution < -0.4 is 5.56 Å². The molecule has 168 valence electrons. The van der Waals surface area contributed by atoms with Crippen LogP contribution in [0.4, 0.5) is 0 Å². The number of hydrogen-bond donors (Lipinski definition) is 2. The highest BCUT2D eigenvalue weighted by Gasteiger charge is 2.24. The van der Waals surface area contributed by atoms with E-state index in [4.69, 9.17) is 14.1 Å². The first-order valence-corrected chi connectivity index (χ1v) is 11.8. The van der Waals surface area contributed by atoms with E-state index in [0.717, 1.165) is 35.2 Å². The quantitative estimate of drug-likeness (QED) is 0.524. The second kappa shape index (κ2) is 9.65. The molecule has 3 heterocycles. The fourth-order valence-corrected chi connectivity index (χ4v) is 5.54. The molecular weight excluding hydrogens is 414 g/mol. The molecule has 0 spiro atoms. The number of H-pyrrole nitrogens is 1. The van der Waals surface area contributed by atoms with Crippen molar-refractivity contribution in [2.45, 2.75) is 65.3 Å². The third-order valence-corrected chi connectivity index (χ3v) is 6.79. The van der Waals surface area contributed by atoms with Gasteiger partial charge in [-0.15, -0.1) is 11.3 Å². The van der Waals surface area contributed by atoms with Gasteiger partial charge in [0.1, 0.15) is 16.4 Å². The van der Waals surface area contributed by atoms with Crippen LogP contribution in [-0.2, 0) is 30.7 Å². The Bertz CT molecular complexity index is 1060. The minimum absolute atomic E-state index is 0.0567. The second-order valence-electron chi connectivity index (χ2n) is 8.83. The van der Waals surface area contributed by atoms with E-state index in [1.165, 1.54) is 10.4 Å². The Hall–Kier alpha value is -2.00. The molecule has 2 N–H and O–H groups in total. The molecule has 8 heteroatoms. The number of furan rings is 1. The first kappa shape index (κ1) is 22.2. The highest BCUT2D eigenvalue weighted by molar-refractivity contribution is 7.18. The normalized spacial score (nSPS) is 17.5. The van der Waals surface area contributed by atoms with E-state index in [1.807, 2.05) is 30.9 Å². The van der Waals surface area contributed by atoms with Crippen LogP contribution >= 0.6 is 11.3 Å².